The molecule has 152 valence electrons. The third kappa shape index (κ3) is 6.44. The Hall–Kier alpha value is -1.71. The van der Waals surface area contributed by atoms with E-state index < -0.39 is 23.8 Å². The van der Waals surface area contributed by atoms with Crippen LogP contribution < -0.4 is 4.90 Å². The number of alkyl halides is 3. The highest BCUT2D eigenvalue weighted by Crippen LogP contribution is 2.29. The molecule has 2 rings (SSSR count). The standard InChI is InChI=1S/C18H25F3N2O4/c1-13(27-12-15-5-3-4-9-26-15)17(24)23(8-10-25-2)16-7-6-14(11-22-16)18(19,20)21/h6-7,11,13,15H,3-5,8-10,12H2,1-2H3. The molecular formula is C18H25F3N2O4. The van der Waals surface area contributed by atoms with Crippen LogP contribution in [-0.2, 0) is 25.2 Å². The number of carbonyl (C=O) groups is 1. The number of pyridine rings is 1. The fourth-order valence-corrected chi connectivity index (χ4v) is 2.71. The highest BCUT2D eigenvalue weighted by molar-refractivity contribution is 5.95. The van der Waals surface area contributed by atoms with Crippen molar-refractivity contribution in [1.82, 2.24) is 4.98 Å². The van der Waals surface area contributed by atoms with Crippen LogP contribution in [0.15, 0.2) is 18.3 Å². The fraction of sp³-hybridized carbons (Fsp3) is 0.667. The molecule has 27 heavy (non-hydrogen) atoms. The molecule has 2 unspecified atom stereocenters. The second kappa shape index (κ2) is 10.0. The van der Waals surface area contributed by atoms with E-state index in [1.54, 1.807) is 6.92 Å². The van der Waals surface area contributed by atoms with Gasteiger partial charge in [-0.05, 0) is 38.3 Å². The summed E-state index contributed by atoms with van der Waals surface area (Å²) in [6, 6.07) is 2.07. The zero-order valence-corrected chi connectivity index (χ0v) is 15.5. The number of carbonyl (C=O) groups excluding carboxylic acids is 1. The van der Waals surface area contributed by atoms with Gasteiger partial charge in [-0.2, -0.15) is 13.2 Å². The summed E-state index contributed by atoms with van der Waals surface area (Å²) in [5.74, 6) is -0.274. The summed E-state index contributed by atoms with van der Waals surface area (Å²) < 4.78 is 54.4. The van der Waals surface area contributed by atoms with E-state index in [9.17, 15) is 18.0 Å². The third-order valence-electron chi connectivity index (χ3n) is 4.29. The Balaban J connectivity index is 2.03. The monoisotopic (exact) mass is 390 g/mol. The molecule has 0 saturated carbocycles. The lowest BCUT2D eigenvalue weighted by atomic mass is 10.1. The Morgan fingerprint density at radius 1 is 1.41 bits per heavy atom. The van der Waals surface area contributed by atoms with Crippen molar-refractivity contribution in [2.45, 2.75) is 44.6 Å². The summed E-state index contributed by atoms with van der Waals surface area (Å²) in [7, 11) is 1.48. The molecule has 1 aromatic heterocycles. The number of aromatic nitrogens is 1. The number of ether oxygens (including phenoxy) is 3. The molecule has 1 amide bonds. The summed E-state index contributed by atoms with van der Waals surface area (Å²) in [5.41, 5.74) is -0.871. The predicted octanol–water partition coefficient (Wildman–Crippen LogP) is 3.05. The van der Waals surface area contributed by atoms with Gasteiger partial charge in [0.05, 0.1) is 31.4 Å². The third-order valence-corrected chi connectivity index (χ3v) is 4.29. The van der Waals surface area contributed by atoms with Crippen LogP contribution in [0.2, 0.25) is 0 Å². The minimum Gasteiger partial charge on any atom is -0.383 e. The first-order valence-electron chi connectivity index (χ1n) is 8.89. The Morgan fingerprint density at radius 3 is 2.74 bits per heavy atom. The average Bonchev–Trinajstić information content (AvgIpc) is 2.66. The molecule has 0 spiro atoms. The number of nitrogens with zero attached hydrogens (tertiary/aromatic N) is 2. The fourth-order valence-electron chi connectivity index (χ4n) is 2.71. The van der Waals surface area contributed by atoms with E-state index in [0.717, 1.165) is 25.3 Å². The van der Waals surface area contributed by atoms with Gasteiger partial charge in [-0.15, -0.1) is 0 Å². The van der Waals surface area contributed by atoms with Crippen molar-refractivity contribution in [2.75, 3.05) is 38.4 Å². The summed E-state index contributed by atoms with van der Waals surface area (Å²) in [6.07, 6.45) is -1.62. The minimum absolute atomic E-state index is 0.0365. The molecule has 1 saturated heterocycles. The maximum absolute atomic E-state index is 12.7. The van der Waals surface area contributed by atoms with Crippen LogP contribution in [0.3, 0.4) is 0 Å². The minimum atomic E-state index is -4.48. The van der Waals surface area contributed by atoms with Crippen LogP contribution in [0.4, 0.5) is 19.0 Å². The molecule has 0 radical (unpaired) electrons. The van der Waals surface area contributed by atoms with E-state index in [2.05, 4.69) is 4.98 Å². The topological polar surface area (TPSA) is 60.9 Å². The first kappa shape index (κ1) is 21.6. The van der Waals surface area contributed by atoms with E-state index in [4.69, 9.17) is 14.2 Å². The lowest BCUT2D eigenvalue weighted by Crippen LogP contribution is -2.42. The molecule has 1 aliphatic rings. The Kier molecular flexibility index (Phi) is 8.00. The molecular weight excluding hydrogens is 365 g/mol. The van der Waals surface area contributed by atoms with Gasteiger partial charge in [0.25, 0.3) is 5.91 Å². The second-order valence-corrected chi connectivity index (χ2v) is 6.35. The molecule has 1 fully saturated rings. The van der Waals surface area contributed by atoms with Crippen LogP contribution in [-0.4, -0.2) is 56.6 Å². The van der Waals surface area contributed by atoms with Gasteiger partial charge in [-0.1, -0.05) is 0 Å². The number of amides is 1. The van der Waals surface area contributed by atoms with E-state index >= 15 is 0 Å². The van der Waals surface area contributed by atoms with E-state index in [0.29, 0.717) is 19.4 Å². The summed E-state index contributed by atoms with van der Waals surface area (Å²) >= 11 is 0. The van der Waals surface area contributed by atoms with Crippen molar-refractivity contribution in [3.05, 3.63) is 23.9 Å². The number of anilines is 1. The molecule has 9 heteroatoms. The smallest absolute Gasteiger partial charge is 0.383 e. The van der Waals surface area contributed by atoms with Crippen LogP contribution in [0, 0.1) is 0 Å². The van der Waals surface area contributed by atoms with Crippen molar-refractivity contribution < 1.29 is 32.2 Å². The molecule has 2 heterocycles. The van der Waals surface area contributed by atoms with Crippen molar-refractivity contribution >= 4 is 11.7 Å². The highest BCUT2D eigenvalue weighted by Gasteiger charge is 2.31. The number of hydrogen-bond donors (Lipinski definition) is 0. The normalized spacial score (nSPS) is 18.9. The molecule has 1 aromatic rings. The predicted molar refractivity (Wildman–Crippen MR) is 92.5 cm³/mol. The molecule has 0 bridgehead atoms. The Labute approximate surface area is 156 Å². The maximum Gasteiger partial charge on any atom is 0.417 e. The first-order valence-corrected chi connectivity index (χ1v) is 8.89. The number of hydrogen-bond acceptors (Lipinski definition) is 5. The summed E-state index contributed by atoms with van der Waals surface area (Å²) in [5, 5.41) is 0. The van der Waals surface area contributed by atoms with Gasteiger partial charge >= 0.3 is 6.18 Å². The molecule has 6 nitrogen and oxygen atoms in total. The van der Waals surface area contributed by atoms with Crippen molar-refractivity contribution in [2.24, 2.45) is 0 Å². The number of methoxy groups -OCH3 is 1. The average molecular weight is 390 g/mol. The van der Waals surface area contributed by atoms with E-state index in [-0.39, 0.29) is 25.1 Å². The van der Waals surface area contributed by atoms with E-state index in [1.807, 2.05) is 0 Å². The Morgan fingerprint density at radius 2 is 2.19 bits per heavy atom. The number of rotatable bonds is 8. The van der Waals surface area contributed by atoms with Crippen molar-refractivity contribution in [3.63, 3.8) is 0 Å². The van der Waals surface area contributed by atoms with Gasteiger partial charge in [-0.3, -0.25) is 9.69 Å². The van der Waals surface area contributed by atoms with E-state index in [1.165, 1.54) is 18.1 Å². The van der Waals surface area contributed by atoms with Gasteiger partial charge in [0, 0.05) is 19.9 Å². The van der Waals surface area contributed by atoms with Crippen LogP contribution in [0.25, 0.3) is 0 Å². The van der Waals surface area contributed by atoms with Crippen LogP contribution >= 0.6 is 0 Å². The second-order valence-electron chi connectivity index (χ2n) is 6.35. The lowest BCUT2D eigenvalue weighted by Gasteiger charge is -2.27. The van der Waals surface area contributed by atoms with Crippen LogP contribution in [0.5, 0.6) is 0 Å². The summed E-state index contributed by atoms with van der Waals surface area (Å²) in [6.45, 7) is 2.96. The zero-order chi connectivity index (χ0) is 19.9. The number of halogens is 3. The van der Waals surface area contributed by atoms with Crippen LogP contribution in [0.1, 0.15) is 31.7 Å². The maximum atomic E-state index is 12.7. The van der Waals surface area contributed by atoms with Gasteiger partial charge in [-0.25, -0.2) is 4.98 Å². The lowest BCUT2D eigenvalue weighted by molar-refractivity contribution is -0.137. The highest BCUT2D eigenvalue weighted by atomic mass is 19.4. The first-order chi connectivity index (χ1) is 12.8. The zero-order valence-electron chi connectivity index (χ0n) is 15.5. The van der Waals surface area contributed by atoms with Crippen molar-refractivity contribution in [1.29, 1.82) is 0 Å². The molecule has 1 aliphatic heterocycles. The largest absolute Gasteiger partial charge is 0.417 e. The van der Waals surface area contributed by atoms with Gasteiger partial charge in [0.15, 0.2) is 0 Å². The van der Waals surface area contributed by atoms with Crippen molar-refractivity contribution in [3.8, 4) is 0 Å². The SMILES string of the molecule is COCCN(C(=O)C(C)OCC1CCCCO1)c1ccc(C(F)(F)F)cn1. The quantitative estimate of drug-likeness (QED) is 0.683. The van der Waals surface area contributed by atoms with Gasteiger partial charge in [0.2, 0.25) is 0 Å². The molecule has 0 aromatic carbocycles. The molecule has 2 atom stereocenters. The molecule has 0 N–H and O–H groups in total. The molecule has 0 aliphatic carbocycles. The summed E-state index contributed by atoms with van der Waals surface area (Å²) in [4.78, 5) is 17.8. The van der Waals surface area contributed by atoms with Gasteiger partial charge in [0.1, 0.15) is 11.9 Å². The Bertz CT molecular complexity index is 589. The van der Waals surface area contributed by atoms with Gasteiger partial charge < -0.3 is 14.2 Å².